The number of halogens is 3. The van der Waals surface area contributed by atoms with Crippen LogP contribution in [0.2, 0.25) is 0 Å². The molecule has 0 amide bonds. The van der Waals surface area contributed by atoms with E-state index in [1.165, 1.54) is 6.42 Å². The van der Waals surface area contributed by atoms with Crippen LogP contribution in [-0.2, 0) is 16.6 Å². The van der Waals surface area contributed by atoms with Crippen LogP contribution < -0.4 is 14.4 Å². The largest absolute Gasteiger partial charge is 0.573 e. The van der Waals surface area contributed by atoms with Crippen LogP contribution >= 0.6 is 0 Å². The van der Waals surface area contributed by atoms with E-state index < -0.39 is 22.1 Å². The van der Waals surface area contributed by atoms with E-state index in [4.69, 9.17) is 0 Å². The van der Waals surface area contributed by atoms with Crippen LogP contribution in [0, 0.1) is 0 Å². The van der Waals surface area contributed by atoms with Gasteiger partial charge in [0.2, 0.25) is 16.0 Å². The monoisotopic (exact) mass is 416 g/mol. The number of benzene rings is 1. The fourth-order valence-corrected chi connectivity index (χ4v) is 3.80. The highest BCUT2D eigenvalue weighted by molar-refractivity contribution is 7.89. The first-order valence-corrected chi connectivity index (χ1v) is 10.1. The number of alkyl halides is 3. The predicted octanol–water partition coefficient (Wildman–Crippen LogP) is 2.84. The molecule has 152 valence electrons. The Bertz CT molecular complexity index is 899. The number of aromatic nitrogens is 2. The molecular formula is C17H19F3N4O3S. The van der Waals surface area contributed by atoms with Gasteiger partial charge < -0.3 is 9.64 Å². The minimum Gasteiger partial charge on any atom is -0.406 e. The van der Waals surface area contributed by atoms with Crippen molar-refractivity contribution in [3.63, 3.8) is 0 Å². The molecule has 1 aromatic carbocycles. The summed E-state index contributed by atoms with van der Waals surface area (Å²) in [5.41, 5.74) is 0.496. The molecule has 28 heavy (non-hydrogen) atoms. The number of sulfonamides is 1. The molecule has 2 aromatic rings. The Morgan fingerprint density at radius 1 is 1.07 bits per heavy atom. The van der Waals surface area contributed by atoms with Gasteiger partial charge in [0.05, 0.1) is 17.1 Å². The van der Waals surface area contributed by atoms with Crippen LogP contribution in [0.15, 0.2) is 41.4 Å². The average molecular weight is 416 g/mol. The number of rotatable bonds is 6. The molecule has 0 spiro atoms. The highest BCUT2D eigenvalue weighted by Crippen LogP contribution is 2.24. The Balaban J connectivity index is 1.65. The standard InChI is InChI=1S/C17H19F3N4O3S/c18-17(19,20)27-14-4-6-15(7-5-14)28(25,26)22-12-13-8-9-21-16(23-13)24-10-2-1-3-11-24/h4-9,22H,1-3,10-12H2. The van der Waals surface area contributed by atoms with E-state index in [2.05, 4.69) is 24.3 Å². The number of hydrogen-bond donors (Lipinski definition) is 1. The third kappa shape index (κ3) is 5.55. The van der Waals surface area contributed by atoms with E-state index in [0.29, 0.717) is 11.6 Å². The van der Waals surface area contributed by atoms with Gasteiger partial charge in [-0.1, -0.05) is 0 Å². The molecule has 1 fully saturated rings. The Kier molecular flexibility index (Phi) is 6.04. The number of piperidine rings is 1. The molecule has 1 aliphatic heterocycles. The van der Waals surface area contributed by atoms with Crippen molar-refractivity contribution in [1.29, 1.82) is 0 Å². The van der Waals surface area contributed by atoms with Crippen LogP contribution in [0.1, 0.15) is 25.0 Å². The maximum absolute atomic E-state index is 12.4. The van der Waals surface area contributed by atoms with Gasteiger partial charge in [-0.2, -0.15) is 0 Å². The fraction of sp³-hybridized carbons (Fsp3) is 0.412. The first-order chi connectivity index (χ1) is 13.2. The van der Waals surface area contributed by atoms with E-state index in [-0.39, 0.29) is 11.4 Å². The van der Waals surface area contributed by atoms with E-state index in [1.54, 1.807) is 12.3 Å². The number of hydrogen-bond acceptors (Lipinski definition) is 6. The van der Waals surface area contributed by atoms with Gasteiger partial charge in [0, 0.05) is 19.3 Å². The molecule has 2 heterocycles. The third-order valence-electron chi connectivity index (χ3n) is 4.15. The zero-order valence-electron chi connectivity index (χ0n) is 14.8. The smallest absolute Gasteiger partial charge is 0.406 e. The summed E-state index contributed by atoms with van der Waals surface area (Å²) in [6.07, 6.45) is 0.0346. The summed E-state index contributed by atoms with van der Waals surface area (Å²) in [6, 6.07) is 5.59. The molecule has 0 saturated carbocycles. The molecule has 0 atom stereocenters. The normalized spacial score (nSPS) is 15.5. The van der Waals surface area contributed by atoms with Crippen molar-refractivity contribution in [2.75, 3.05) is 18.0 Å². The van der Waals surface area contributed by atoms with Crippen LogP contribution in [0.5, 0.6) is 5.75 Å². The van der Waals surface area contributed by atoms with Crippen molar-refractivity contribution in [2.45, 2.75) is 37.1 Å². The minimum absolute atomic E-state index is 0.0630. The number of nitrogens with zero attached hydrogens (tertiary/aromatic N) is 3. The second-order valence-electron chi connectivity index (χ2n) is 6.24. The lowest BCUT2D eigenvalue weighted by Gasteiger charge is -2.26. The Labute approximate surface area is 160 Å². The molecule has 1 aliphatic rings. The van der Waals surface area contributed by atoms with Gasteiger partial charge in [-0.05, 0) is 49.6 Å². The van der Waals surface area contributed by atoms with Crippen LogP contribution in [0.3, 0.4) is 0 Å². The lowest BCUT2D eigenvalue weighted by molar-refractivity contribution is -0.274. The maximum atomic E-state index is 12.4. The Morgan fingerprint density at radius 2 is 1.75 bits per heavy atom. The Hall–Kier alpha value is -2.40. The van der Waals surface area contributed by atoms with Crippen LogP contribution in [-0.4, -0.2) is 37.8 Å². The molecule has 11 heteroatoms. The number of ether oxygens (including phenoxy) is 1. The van der Waals surface area contributed by atoms with Crippen LogP contribution in [0.25, 0.3) is 0 Å². The van der Waals surface area contributed by atoms with E-state index in [9.17, 15) is 21.6 Å². The van der Waals surface area contributed by atoms with Crippen molar-refractivity contribution in [1.82, 2.24) is 14.7 Å². The van der Waals surface area contributed by atoms with E-state index in [0.717, 1.165) is 50.2 Å². The van der Waals surface area contributed by atoms with Gasteiger partial charge in [0.25, 0.3) is 0 Å². The summed E-state index contributed by atoms with van der Waals surface area (Å²) in [5, 5.41) is 0. The quantitative estimate of drug-likeness (QED) is 0.780. The first kappa shape index (κ1) is 20.3. The van der Waals surface area contributed by atoms with Crippen molar-refractivity contribution < 1.29 is 26.3 Å². The second-order valence-corrected chi connectivity index (χ2v) is 8.01. The van der Waals surface area contributed by atoms with Crippen molar-refractivity contribution in [2.24, 2.45) is 0 Å². The molecule has 1 aromatic heterocycles. The molecule has 0 radical (unpaired) electrons. The molecule has 0 aliphatic carbocycles. The average Bonchev–Trinajstić information content (AvgIpc) is 2.67. The number of anilines is 1. The van der Waals surface area contributed by atoms with Crippen molar-refractivity contribution in [3.8, 4) is 5.75 Å². The first-order valence-electron chi connectivity index (χ1n) is 8.65. The SMILES string of the molecule is O=S(=O)(NCc1ccnc(N2CCCCC2)n1)c1ccc(OC(F)(F)F)cc1. The topological polar surface area (TPSA) is 84.4 Å². The highest BCUT2D eigenvalue weighted by Gasteiger charge is 2.31. The van der Waals surface area contributed by atoms with Gasteiger partial charge in [-0.25, -0.2) is 23.1 Å². The maximum Gasteiger partial charge on any atom is 0.573 e. The van der Waals surface area contributed by atoms with Gasteiger partial charge in [0.1, 0.15) is 5.75 Å². The molecule has 1 saturated heterocycles. The van der Waals surface area contributed by atoms with Crippen molar-refractivity contribution >= 4 is 16.0 Å². The van der Waals surface area contributed by atoms with Crippen LogP contribution in [0.4, 0.5) is 19.1 Å². The van der Waals surface area contributed by atoms with Gasteiger partial charge >= 0.3 is 6.36 Å². The zero-order valence-corrected chi connectivity index (χ0v) is 15.6. The number of nitrogens with one attached hydrogen (secondary N) is 1. The van der Waals surface area contributed by atoms with Gasteiger partial charge in [-0.3, -0.25) is 0 Å². The summed E-state index contributed by atoms with van der Waals surface area (Å²) in [5.74, 6) is 0.0680. The fourth-order valence-electron chi connectivity index (χ4n) is 2.80. The van der Waals surface area contributed by atoms with E-state index >= 15 is 0 Å². The summed E-state index contributed by atoms with van der Waals surface area (Å²) in [7, 11) is -3.92. The molecular weight excluding hydrogens is 397 g/mol. The lowest BCUT2D eigenvalue weighted by Crippen LogP contribution is -2.31. The highest BCUT2D eigenvalue weighted by atomic mass is 32.2. The Morgan fingerprint density at radius 3 is 2.39 bits per heavy atom. The zero-order chi connectivity index (χ0) is 20.2. The molecule has 3 rings (SSSR count). The van der Waals surface area contributed by atoms with Gasteiger partial charge in [-0.15, -0.1) is 13.2 Å². The summed E-state index contributed by atoms with van der Waals surface area (Å²) >= 11 is 0. The van der Waals surface area contributed by atoms with E-state index in [1.807, 2.05) is 0 Å². The van der Waals surface area contributed by atoms with Gasteiger partial charge in [0.15, 0.2) is 0 Å². The summed E-state index contributed by atoms with van der Waals surface area (Å²) in [4.78, 5) is 10.5. The lowest BCUT2D eigenvalue weighted by atomic mass is 10.1. The molecule has 0 bridgehead atoms. The third-order valence-corrected chi connectivity index (χ3v) is 5.57. The second kappa shape index (κ2) is 8.31. The molecule has 0 unspecified atom stereocenters. The summed E-state index contributed by atoms with van der Waals surface area (Å²) < 4.78 is 67.4. The molecule has 1 N–H and O–H groups in total. The summed E-state index contributed by atoms with van der Waals surface area (Å²) in [6.45, 7) is 1.66. The van der Waals surface area contributed by atoms with Crippen molar-refractivity contribution in [3.05, 3.63) is 42.2 Å². The predicted molar refractivity (Wildman–Crippen MR) is 95.2 cm³/mol. The molecule has 7 nitrogen and oxygen atoms in total. The minimum atomic E-state index is -4.84.